The Morgan fingerprint density at radius 3 is 2.44 bits per heavy atom. The van der Waals surface area contributed by atoms with Crippen molar-refractivity contribution in [2.45, 2.75) is 53.1 Å². The van der Waals surface area contributed by atoms with Crippen molar-refractivity contribution in [3.63, 3.8) is 0 Å². The van der Waals surface area contributed by atoms with Crippen molar-refractivity contribution < 1.29 is 9.53 Å². The normalized spacial score (nSPS) is 21.5. The second kappa shape index (κ2) is 5.91. The summed E-state index contributed by atoms with van der Waals surface area (Å²) in [7, 11) is 0. The van der Waals surface area contributed by atoms with E-state index in [0.29, 0.717) is 12.0 Å². The van der Waals surface area contributed by atoms with Crippen molar-refractivity contribution in [2.75, 3.05) is 19.6 Å². The summed E-state index contributed by atoms with van der Waals surface area (Å²) in [5.41, 5.74) is 0.127. The van der Waals surface area contributed by atoms with Crippen molar-refractivity contribution >= 4 is 6.09 Å². The van der Waals surface area contributed by atoms with Gasteiger partial charge in [0, 0.05) is 6.54 Å². The molecule has 18 heavy (non-hydrogen) atoms. The lowest BCUT2D eigenvalue weighted by Gasteiger charge is -2.19. The minimum atomic E-state index is -0.417. The van der Waals surface area contributed by atoms with Gasteiger partial charge in [-0.1, -0.05) is 13.8 Å². The third-order valence-electron chi connectivity index (χ3n) is 3.31. The number of alkyl carbamates (subject to hydrolysis) is 1. The molecule has 1 aliphatic carbocycles. The minimum absolute atomic E-state index is 0.328. The summed E-state index contributed by atoms with van der Waals surface area (Å²) >= 11 is 0. The van der Waals surface area contributed by atoms with E-state index in [-0.39, 0.29) is 6.09 Å². The summed E-state index contributed by atoms with van der Waals surface area (Å²) in [6, 6.07) is 0. The Hall–Kier alpha value is -0.770. The summed E-state index contributed by atoms with van der Waals surface area (Å²) in [6.07, 6.45) is 1.94. The minimum Gasteiger partial charge on any atom is -0.444 e. The molecule has 1 atom stereocenters. The Morgan fingerprint density at radius 2 is 1.94 bits per heavy atom. The van der Waals surface area contributed by atoms with Crippen LogP contribution in [0.2, 0.25) is 0 Å². The van der Waals surface area contributed by atoms with Gasteiger partial charge in [-0.25, -0.2) is 4.79 Å². The first-order valence-electron chi connectivity index (χ1n) is 6.88. The molecule has 1 fully saturated rings. The second-order valence-electron chi connectivity index (χ2n) is 6.88. The first-order valence-corrected chi connectivity index (χ1v) is 6.88. The highest BCUT2D eigenvalue weighted by atomic mass is 16.6. The zero-order valence-corrected chi connectivity index (χ0v) is 12.4. The molecule has 0 spiro atoms. The van der Waals surface area contributed by atoms with Gasteiger partial charge >= 0.3 is 6.09 Å². The SMILES string of the molecule is CC(C)(C)OC(=O)NCCCNCC1CC1(C)C. The molecule has 0 radical (unpaired) electrons. The molecule has 0 aliphatic heterocycles. The van der Waals surface area contributed by atoms with E-state index in [1.54, 1.807) is 0 Å². The Labute approximate surface area is 111 Å². The van der Waals surface area contributed by atoms with Crippen molar-refractivity contribution in [2.24, 2.45) is 11.3 Å². The van der Waals surface area contributed by atoms with Crippen molar-refractivity contribution in [1.29, 1.82) is 0 Å². The van der Waals surface area contributed by atoms with Gasteiger partial charge in [0.05, 0.1) is 0 Å². The van der Waals surface area contributed by atoms with E-state index in [1.165, 1.54) is 6.42 Å². The van der Waals surface area contributed by atoms with Crippen LogP contribution >= 0.6 is 0 Å². The van der Waals surface area contributed by atoms with Gasteiger partial charge in [-0.15, -0.1) is 0 Å². The van der Waals surface area contributed by atoms with E-state index in [4.69, 9.17) is 4.74 Å². The summed E-state index contributed by atoms with van der Waals surface area (Å²) in [5, 5.41) is 6.19. The zero-order chi connectivity index (χ0) is 13.8. The lowest BCUT2D eigenvalue weighted by atomic mass is 10.1. The van der Waals surface area contributed by atoms with Crippen LogP contribution in [0.4, 0.5) is 4.79 Å². The highest BCUT2D eigenvalue weighted by Crippen LogP contribution is 2.50. The number of hydrogen-bond donors (Lipinski definition) is 2. The molecule has 0 bridgehead atoms. The van der Waals surface area contributed by atoms with Crippen molar-refractivity contribution in [1.82, 2.24) is 10.6 Å². The number of carbonyl (C=O) groups is 1. The summed E-state index contributed by atoms with van der Waals surface area (Å²) in [4.78, 5) is 11.3. The Balaban J connectivity index is 1.91. The zero-order valence-electron chi connectivity index (χ0n) is 12.4. The van der Waals surface area contributed by atoms with Gasteiger partial charge < -0.3 is 15.4 Å². The number of hydrogen-bond acceptors (Lipinski definition) is 3. The van der Waals surface area contributed by atoms with Crippen molar-refractivity contribution in [3.05, 3.63) is 0 Å². The molecule has 0 aromatic rings. The Bertz CT molecular complexity index is 282. The number of carbonyl (C=O) groups excluding carboxylic acids is 1. The molecule has 0 aromatic carbocycles. The van der Waals surface area contributed by atoms with E-state index in [0.717, 1.165) is 25.4 Å². The average Bonchev–Trinajstić information content (AvgIpc) is 2.77. The van der Waals surface area contributed by atoms with Gasteiger partial charge in [0.25, 0.3) is 0 Å². The molecule has 0 heterocycles. The predicted molar refractivity (Wildman–Crippen MR) is 73.6 cm³/mol. The third-order valence-corrected chi connectivity index (χ3v) is 3.31. The maximum atomic E-state index is 11.3. The highest BCUT2D eigenvalue weighted by molar-refractivity contribution is 5.67. The number of ether oxygens (including phenoxy) is 1. The van der Waals surface area contributed by atoms with Gasteiger partial charge in [0.2, 0.25) is 0 Å². The average molecular weight is 256 g/mol. The van der Waals surface area contributed by atoms with Crippen LogP contribution in [0.1, 0.15) is 47.5 Å². The van der Waals surface area contributed by atoms with E-state index < -0.39 is 5.60 Å². The van der Waals surface area contributed by atoms with Crippen LogP contribution in [0.3, 0.4) is 0 Å². The van der Waals surface area contributed by atoms with Crippen LogP contribution in [0.15, 0.2) is 0 Å². The van der Waals surface area contributed by atoms with Crippen LogP contribution in [0.5, 0.6) is 0 Å². The maximum absolute atomic E-state index is 11.3. The quantitative estimate of drug-likeness (QED) is 0.718. The molecule has 1 rings (SSSR count). The van der Waals surface area contributed by atoms with E-state index in [1.807, 2.05) is 20.8 Å². The first-order chi connectivity index (χ1) is 8.21. The monoisotopic (exact) mass is 256 g/mol. The molecule has 106 valence electrons. The molecule has 1 unspecified atom stereocenters. The second-order valence-corrected chi connectivity index (χ2v) is 6.88. The van der Waals surface area contributed by atoms with Crippen LogP contribution in [0, 0.1) is 11.3 Å². The van der Waals surface area contributed by atoms with E-state index in [9.17, 15) is 4.79 Å². The summed E-state index contributed by atoms with van der Waals surface area (Å²) in [5.74, 6) is 0.830. The predicted octanol–water partition coefficient (Wildman–Crippen LogP) is 2.54. The molecule has 1 saturated carbocycles. The fourth-order valence-electron chi connectivity index (χ4n) is 1.92. The topological polar surface area (TPSA) is 50.4 Å². The number of amides is 1. The van der Waals surface area contributed by atoms with Gasteiger partial charge in [-0.05, 0) is 58.0 Å². The highest BCUT2D eigenvalue weighted by Gasteiger charge is 2.44. The Morgan fingerprint density at radius 1 is 1.33 bits per heavy atom. The standard InChI is InChI=1S/C14H28N2O2/c1-13(2,3)18-12(17)16-8-6-7-15-10-11-9-14(11,4)5/h11,15H,6-10H2,1-5H3,(H,16,17). The first kappa shape index (κ1) is 15.3. The fraction of sp³-hybridized carbons (Fsp3) is 0.929. The lowest BCUT2D eigenvalue weighted by molar-refractivity contribution is 0.0527. The van der Waals surface area contributed by atoms with Crippen LogP contribution < -0.4 is 10.6 Å². The fourth-order valence-corrected chi connectivity index (χ4v) is 1.92. The molecular formula is C14H28N2O2. The van der Waals surface area contributed by atoms with Crippen molar-refractivity contribution in [3.8, 4) is 0 Å². The molecule has 0 saturated heterocycles. The molecule has 1 amide bonds. The van der Waals surface area contributed by atoms with Gasteiger partial charge in [-0.3, -0.25) is 0 Å². The Kier molecular flexibility index (Phi) is 5.02. The molecule has 2 N–H and O–H groups in total. The molecule has 0 aromatic heterocycles. The third kappa shape index (κ3) is 6.24. The van der Waals surface area contributed by atoms with Crippen LogP contribution in [0.25, 0.3) is 0 Å². The maximum Gasteiger partial charge on any atom is 0.407 e. The molecule has 4 nitrogen and oxygen atoms in total. The lowest BCUT2D eigenvalue weighted by Crippen LogP contribution is -2.34. The summed E-state index contributed by atoms with van der Waals surface area (Å²) in [6.45, 7) is 12.9. The number of rotatable bonds is 6. The molecular weight excluding hydrogens is 228 g/mol. The van der Waals surface area contributed by atoms with Crippen LogP contribution in [-0.4, -0.2) is 31.3 Å². The van der Waals surface area contributed by atoms with Gasteiger partial charge in [0.15, 0.2) is 0 Å². The van der Waals surface area contributed by atoms with Gasteiger partial charge in [-0.2, -0.15) is 0 Å². The van der Waals surface area contributed by atoms with Crippen LogP contribution in [-0.2, 0) is 4.74 Å². The van der Waals surface area contributed by atoms with Gasteiger partial charge in [0.1, 0.15) is 5.60 Å². The number of nitrogens with one attached hydrogen (secondary N) is 2. The van der Waals surface area contributed by atoms with E-state index in [2.05, 4.69) is 24.5 Å². The van der Waals surface area contributed by atoms with E-state index >= 15 is 0 Å². The smallest absolute Gasteiger partial charge is 0.407 e. The molecule has 1 aliphatic rings. The molecule has 4 heteroatoms. The largest absolute Gasteiger partial charge is 0.444 e. The summed E-state index contributed by atoms with van der Waals surface area (Å²) < 4.78 is 5.15.